The molecular weight excluding hydrogens is 297 g/mol. The Balaban J connectivity index is 1.85. The van der Waals surface area contributed by atoms with Gasteiger partial charge in [0.05, 0.1) is 12.1 Å². The molecule has 0 aliphatic rings. The fourth-order valence-corrected chi connectivity index (χ4v) is 1.72. The molecule has 0 saturated heterocycles. The van der Waals surface area contributed by atoms with Crippen molar-refractivity contribution < 1.29 is 17.7 Å². The third-order valence-corrected chi connectivity index (χ3v) is 2.89. The van der Waals surface area contributed by atoms with Gasteiger partial charge in [0, 0.05) is 19.7 Å². The summed E-state index contributed by atoms with van der Waals surface area (Å²) in [7, 11) is 1.60. The lowest BCUT2D eigenvalue weighted by Gasteiger charge is -2.12. The zero-order valence-electron chi connectivity index (χ0n) is 11.8. The van der Waals surface area contributed by atoms with Gasteiger partial charge in [-0.25, -0.2) is 0 Å². The SMILES string of the molecule is CN=C(NCc1ccc(C(F)(F)F)cc1)NCc1ccon1. The van der Waals surface area contributed by atoms with E-state index in [0.717, 1.165) is 23.4 Å². The molecule has 0 saturated carbocycles. The van der Waals surface area contributed by atoms with Crippen LogP contribution < -0.4 is 10.6 Å². The van der Waals surface area contributed by atoms with Gasteiger partial charge >= 0.3 is 6.18 Å². The molecule has 0 fully saturated rings. The monoisotopic (exact) mass is 312 g/mol. The Morgan fingerprint density at radius 1 is 1.14 bits per heavy atom. The highest BCUT2D eigenvalue weighted by molar-refractivity contribution is 5.79. The minimum absolute atomic E-state index is 0.358. The molecule has 22 heavy (non-hydrogen) atoms. The van der Waals surface area contributed by atoms with Gasteiger partial charge in [-0.05, 0) is 17.7 Å². The smallest absolute Gasteiger partial charge is 0.364 e. The number of hydrogen-bond acceptors (Lipinski definition) is 3. The van der Waals surface area contributed by atoms with Crippen molar-refractivity contribution in [1.82, 2.24) is 15.8 Å². The number of nitrogens with zero attached hydrogens (tertiary/aromatic N) is 2. The molecule has 0 unspecified atom stereocenters. The lowest BCUT2D eigenvalue weighted by molar-refractivity contribution is -0.137. The second-order valence-corrected chi connectivity index (χ2v) is 4.46. The van der Waals surface area contributed by atoms with E-state index in [9.17, 15) is 13.2 Å². The van der Waals surface area contributed by atoms with E-state index in [4.69, 9.17) is 4.52 Å². The van der Waals surface area contributed by atoms with Crippen molar-refractivity contribution >= 4 is 5.96 Å². The molecule has 0 aliphatic carbocycles. The highest BCUT2D eigenvalue weighted by atomic mass is 19.4. The average Bonchev–Trinajstić information content (AvgIpc) is 3.00. The van der Waals surface area contributed by atoms with Crippen LogP contribution in [0.15, 0.2) is 46.1 Å². The van der Waals surface area contributed by atoms with Gasteiger partial charge in [-0.15, -0.1) is 0 Å². The van der Waals surface area contributed by atoms with Gasteiger partial charge in [0.25, 0.3) is 0 Å². The summed E-state index contributed by atoms with van der Waals surface area (Å²) in [4.78, 5) is 4.02. The number of rotatable bonds is 4. The largest absolute Gasteiger partial charge is 0.416 e. The van der Waals surface area contributed by atoms with E-state index in [1.54, 1.807) is 13.1 Å². The summed E-state index contributed by atoms with van der Waals surface area (Å²) in [5, 5.41) is 9.77. The fourth-order valence-electron chi connectivity index (χ4n) is 1.72. The van der Waals surface area contributed by atoms with Crippen LogP contribution in [0.1, 0.15) is 16.8 Å². The van der Waals surface area contributed by atoms with Crippen LogP contribution in [-0.2, 0) is 19.3 Å². The summed E-state index contributed by atoms with van der Waals surface area (Å²) in [6.07, 6.45) is -2.85. The highest BCUT2D eigenvalue weighted by Crippen LogP contribution is 2.28. The first-order valence-electron chi connectivity index (χ1n) is 6.49. The van der Waals surface area contributed by atoms with Crippen LogP contribution in [0.3, 0.4) is 0 Å². The van der Waals surface area contributed by atoms with E-state index in [-0.39, 0.29) is 0 Å². The molecule has 0 atom stereocenters. The standard InChI is InChI=1S/C14H15F3N4O/c1-18-13(20-9-12-6-7-22-21-12)19-8-10-2-4-11(5-3-10)14(15,16)17/h2-7H,8-9H2,1H3,(H2,18,19,20). The van der Waals surface area contributed by atoms with E-state index >= 15 is 0 Å². The predicted octanol–water partition coefficient (Wildman–Crippen LogP) is 2.56. The molecule has 0 spiro atoms. The van der Waals surface area contributed by atoms with Crippen molar-refractivity contribution in [3.63, 3.8) is 0 Å². The maximum absolute atomic E-state index is 12.5. The first kappa shape index (κ1) is 15.9. The molecule has 2 aromatic rings. The average molecular weight is 312 g/mol. The minimum atomic E-state index is -4.32. The number of alkyl halides is 3. The molecule has 5 nitrogen and oxygen atoms in total. The van der Waals surface area contributed by atoms with Crippen LogP contribution in [0.5, 0.6) is 0 Å². The first-order chi connectivity index (χ1) is 10.5. The second-order valence-electron chi connectivity index (χ2n) is 4.46. The Kier molecular flexibility index (Phi) is 5.03. The van der Waals surface area contributed by atoms with Gasteiger partial charge in [0.1, 0.15) is 12.0 Å². The van der Waals surface area contributed by atoms with Crippen LogP contribution in [0, 0.1) is 0 Å². The number of nitrogens with one attached hydrogen (secondary N) is 2. The Labute approximate surface area is 125 Å². The summed E-state index contributed by atoms with van der Waals surface area (Å²) in [6.45, 7) is 0.791. The molecule has 118 valence electrons. The summed E-state index contributed by atoms with van der Waals surface area (Å²) < 4.78 is 42.1. The van der Waals surface area contributed by atoms with Gasteiger partial charge in [-0.1, -0.05) is 17.3 Å². The first-order valence-corrected chi connectivity index (χ1v) is 6.49. The number of aliphatic imine (C=N–C) groups is 1. The maximum atomic E-state index is 12.5. The molecule has 0 amide bonds. The second kappa shape index (κ2) is 6.97. The molecule has 0 bridgehead atoms. The van der Waals surface area contributed by atoms with Crippen molar-refractivity contribution in [2.24, 2.45) is 4.99 Å². The van der Waals surface area contributed by atoms with E-state index in [1.807, 2.05) is 0 Å². The van der Waals surface area contributed by atoms with Crippen molar-refractivity contribution in [2.75, 3.05) is 7.05 Å². The molecule has 2 rings (SSSR count). The predicted molar refractivity (Wildman–Crippen MR) is 75.0 cm³/mol. The van der Waals surface area contributed by atoms with Crippen molar-refractivity contribution in [3.05, 3.63) is 53.4 Å². The molecule has 2 N–H and O–H groups in total. The molecule has 0 aliphatic heterocycles. The van der Waals surface area contributed by atoms with Crippen molar-refractivity contribution in [1.29, 1.82) is 0 Å². The summed E-state index contributed by atoms with van der Waals surface area (Å²) in [6, 6.07) is 6.70. The Bertz CT molecular complexity index is 606. The molecule has 1 aromatic heterocycles. The fraction of sp³-hybridized carbons (Fsp3) is 0.286. The summed E-state index contributed by atoms with van der Waals surface area (Å²) >= 11 is 0. The van der Waals surface area contributed by atoms with Crippen LogP contribution in [0.4, 0.5) is 13.2 Å². The molecule has 1 heterocycles. The van der Waals surface area contributed by atoms with Gasteiger partial charge in [0.2, 0.25) is 0 Å². The Hall–Kier alpha value is -2.51. The zero-order valence-corrected chi connectivity index (χ0v) is 11.8. The quantitative estimate of drug-likeness (QED) is 0.673. The lowest BCUT2D eigenvalue weighted by atomic mass is 10.1. The van der Waals surface area contributed by atoms with E-state index in [1.165, 1.54) is 18.4 Å². The lowest BCUT2D eigenvalue weighted by Crippen LogP contribution is -2.36. The van der Waals surface area contributed by atoms with E-state index < -0.39 is 11.7 Å². The van der Waals surface area contributed by atoms with Gasteiger partial charge in [-0.2, -0.15) is 13.2 Å². The van der Waals surface area contributed by atoms with Crippen LogP contribution in [-0.4, -0.2) is 18.2 Å². The van der Waals surface area contributed by atoms with Crippen LogP contribution >= 0.6 is 0 Å². The Morgan fingerprint density at radius 3 is 2.36 bits per heavy atom. The van der Waals surface area contributed by atoms with Gasteiger partial charge < -0.3 is 15.2 Å². The number of guanidine groups is 1. The number of aromatic nitrogens is 1. The van der Waals surface area contributed by atoms with Gasteiger partial charge in [-0.3, -0.25) is 4.99 Å². The van der Waals surface area contributed by atoms with E-state index in [0.29, 0.717) is 19.0 Å². The minimum Gasteiger partial charge on any atom is -0.364 e. The van der Waals surface area contributed by atoms with Crippen LogP contribution in [0.2, 0.25) is 0 Å². The van der Waals surface area contributed by atoms with Gasteiger partial charge in [0.15, 0.2) is 5.96 Å². The van der Waals surface area contributed by atoms with E-state index in [2.05, 4.69) is 20.8 Å². The summed E-state index contributed by atoms with van der Waals surface area (Å²) in [5.74, 6) is 0.517. The Morgan fingerprint density at radius 2 is 1.82 bits per heavy atom. The normalized spacial score (nSPS) is 12.3. The number of benzene rings is 1. The maximum Gasteiger partial charge on any atom is 0.416 e. The van der Waals surface area contributed by atoms with Crippen molar-refractivity contribution in [3.8, 4) is 0 Å². The topological polar surface area (TPSA) is 62.5 Å². The number of hydrogen-bond donors (Lipinski definition) is 2. The van der Waals surface area contributed by atoms with Crippen LogP contribution in [0.25, 0.3) is 0 Å². The number of halogens is 3. The molecule has 8 heteroatoms. The molecule has 0 radical (unpaired) electrons. The molecular formula is C14H15F3N4O. The zero-order chi connectivity index (χ0) is 16.0. The van der Waals surface area contributed by atoms with Crippen molar-refractivity contribution in [2.45, 2.75) is 19.3 Å². The third kappa shape index (κ3) is 4.51. The summed E-state index contributed by atoms with van der Waals surface area (Å²) in [5.41, 5.74) is 0.777. The molecule has 1 aromatic carbocycles. The third-order valence-electron chi connectivity index (χ3n) is 2.89. The highest BCUT2D eigenvalue weighted by Gasteiger charge is 2.29.